The van der Waals surface area contributed by atoms with E-state index in [0.29, 0.717) is 17.8 Å². The molecule has 3 aromatic rings. The lowest BCUT2D eigenvalue weighted by molar-refractivity contribution is 0.711. The van der Waals surface area contributed by atoms with Crippen LogP contribution in [0, 0.1) is 0 Å². The third-order valence-corrected chi connectivity index (χ3v) is 2.40. The Morgan fingerprint density at radius 1 is 1.47 bits per heavy atom. The molecule has 0 saturated heterocycles. The zero-order valence-electron chi connectivity index (χ0n) is 8.01. The molecule has 15 heavy (non-hydrogen) atoms. The maximum Gasteiger partial charge on any atom is 0.336 e. The molecule has 0 fully saturated rings. The molecule has 0 unspecified atom stereocenters. The van der Waals surface area contributed by atoms with Crippen LogP contribution in [-0.4, -0.2) is 29.1 Å². The quantitative estimate of drug-likeness (QED) is 0.594. The second-order valence-electron chi connectivity index (χ2n) is 3.15. The van der Waals surface area contributed by atoms with Crippen molar-refractivity contribution in [2.45, 2.75) is 13.5 Å². The molecule has 0 atom stereocenters. The number of aromatic amines is 1. The average Bonchev–Trinajstić information content (AvgIpc) is 2.84. The van der Waals surface area contributed by atoms with Crippen LogP contribution in [0.5, 0.6) is 0 Å². The summed E-state index contributed by atoms with van der Waals surface area (Å²) in [5, 5.41) is 7.60. The van der Waals surface area contributed by atoms with Gasteiger partial charge in [0.2, 0.25) is 0 Å². The Morgan fingerprint density at radius 2 is 2.33 bits per heavy atom. The minimum absolute atomic E-state index is 0.169. The third kappa shape index (κ3) is 0.888. The predicted octanol–water partition coefficient (Wildman–Crippen LogP) is -0.213. The lowest BCUT2D eigenvalue weighted by atomic mass is 10.5. The smallest absolute Gasteiger partial charge is 0.336 e. The number of imidazole rings is 1. The molecule has 0 aliphatic rings. The molecule has 0 aromatic carbocycles. The summed E-state index contributed by atoms with van der Waals surface area (Å²) in [6.07, 6.45) is 2.95. The highest BCUT2D eigenvalue weighted by Gasteiger charge is 2.12. The van der Waals surface area contributed by atoms with E-state index in [9.17, 15) is 4.79 Å². The Labute approximate surface area is 83.4 Å². The minimum atomic E-state index is -0.169. The molecule has 0 saturated carbocycles. The molecule has 1 N–H and O–H groups in total. The van der Waals surface area contributed by atoms with E-state index in [2.05, 4.69) is 20.2 Å². The number of hydrogen-bond acceptors (Lipinski definition) is 4. The van der Waals surface area contributed by atoms with Crippen LogP contribution in [0.15, 0.2) is 17.4 Å². The molecule has 3 heterocycles. The van der Waals surface area contributed by atoms with E-state index < -0.39 is 0 Å². The van der Waals surface area contributed by atoms with Crippen LogP contribution in [0.1, 0.15) is 6.92 Å². The van der Waals surface area contributed by atoms with E-state index in [1.54, 1.807) is 10.9 Å². The van der Waals surface area contributed by atoms with Crippen LogP contribution >= 0.6 is 0 Å². The molecule has 0 amide bonds. The van der Waals surface area contributed by atoms with Crippen molar-refractivity contribution in [1.29, 1.82) is 0 Å². The topological polar surface area (TPSA) is 80.9 Å². The summed E-state index contributed by atoms with van der Waals surface area (Å²) in [5.74, 6) is 0. The first-order valence-electron chi connectivity index (χ1n) is 4.58. The Hall–Kier alpha value is -2.18. The van der Waals surface area contributed by atoms with Gasteiger partial charge in [-0.1, -0.05) is 0 Å². The third-order valence-electron chi connectivity index (χ3n) is 2.40. The molecular weight excluding hydrogens is 196 g/mol. The van der Waals surface area contributed by atoms with Crippen LogP contribution in [0.3, 0.4) is 0 Å². The summed E-state index contributed by atoms with van der Waals surface area (Å²) < 4.78 is 2.98. The van der Waals surface area contributed by atoms with Crippen LogP contribution in [0.25, 0.3) is 16.8 Å². The van der Waals surface area contributed by atoms with Gasteiger partial charge in [-0.15, -0.1) is 10.2 Å². The highest BCUT2D eigenvalue weighted by Crippen LogP contribution is 2.10. The van der Waals surface area contributed by atoms with Crippen molar-refractivity contribution >= 4 is 16.8 Å². The molecule has 0 aliphatic carbocycles. The van der Waals surface area contributed by atoms with E-state index in [0.717, 1.165) is 5.52 Å². The number of rotatable bonds is 1. The van der Waals surface area contributed by atoms with Crippen molar-refractivity contribution in [3.63, 3.8) is 0 Å². The largest absolute Gasteiger partial charge is 0.340 e. The van der Waals surface area contributed by atoms with Crippen molar-refractivity contribution in [3.8, 4) is 0 Å². The zero-order valence-corrected chi connectivity index (χ0v) is 8.01. The van der Waals surface area contributed by atoms with Crippen LogP contribution in [0.4, 0.5) is 0 Å². The monoisotopic (exact) mass is 204 g/mol. The first-order valence-corrected chi connectivity index (χ1v) is 4.58. The molecule has 0 spiro atoms. The number of nitrogens with zero attached hydrogens (tertiary/aromatic N) is 5. The summed E-state index contributed by atoms with van der Waals surface area (Å²) in [4.78, 5) is 19.0. The summed E-state index contributed by atoms with van der Waals surface area (Å²) in [6.45, 7) is 2.46. The van der Waals surface area contributed by atoms with Gasteiger partial charge in [-0.2, -0.15) is 0 Å². The fraction of sp³-hybridized carbons (Fsp3) is 0.250. The second-order valence-corrected chi connectivity index (χ2v) is 3.15. The van der Waals surface area contributed by atoms with E-state index in [-0.39, 0.29) is 5.69 Å². The summed E-state index contributed by atoms with van der Waals surface area (Å²) in [5.41, 5.74) is 1.69. The average molecular weight is 204 g/mol. The van der Waals surface area contributed by atoms with Gasteiger partial charge in [0, 0.05) is 6.54 Å². The molecule has 7 heteroatoms. The second kappa shape index (κ2) is 2.66. The van der Waals surface area contributed by atoms with Crippen LogP contribution in [0.2, 0.25) is 0 Å². The Morgan fingerprint density at radius 3 is 3.13 bits per heavy atom. The molecule has 0 aliphatic heterocycles. The van der Waals surface area contributed by atoms with E-state index in [4.69, 9.17) is 0 Å². The van der Waals surface area contributed by atoms with Gasteiger partial charge in [0.15, 0.2) is 11.3 Å². The number of H-pyrrole nitrogens is 1. The van der Waals surface area contributed by atoms with Crippen LogP contribution in [-0.2, 0) is 6.54 Å². The summed E-state index contributed by atoms with van der Waals surface area (Å²) in [6, 6.07) is 0. The summed E-state index contributed by atoms with van der Waals surface area (Å²) >= 11 is 0. The number of aryl methyl sites for hydroxylation is 1. The maximum absolute atomic E-state index is 11.9. The van der Waals surface area contributed by atoms with E-state index in [1.807, 2.05) is 6.92 Å². The predicted molar refractivity (Wildman–Crippen MR) is 52.6 cm³/mol. The van der Waals surface area contributed by atoms with Crippen molar-refractivity contribution in [3.05, 3.63) is 23.1 Å². The normalized spacial score (nSPS) is 11.5. The highest BCUT2D eigenvalue weighted by molar-refractivity contribution is 5.84. The first-order chi connectivity index (χ1) is 7.33. The van der Waals surface area contributed by atoms with Gasteiger partial charge < -0.3 is 4.98 Å². The number of hydrogen-bond donors (Lipinski definition) is 1. The lowest BCUT2D eigenvalue weighted by Crippen LogP contribution is -2.26. The van der Waals surface area contributed by atoms with Crippen molar-refractivity contribution in [2.24, 2.45) is 0 Å². The van der Waals surface area contributed by atoms with Crippen LogP contribution < -0.4 is 5.69 Å². The highest BCUT2D eigenvalue weighted by atomic mass is 16.1. The van der Waals surface area contributed by atoms with Gasteiger partial charge in [0.25, 0.3) is 0 Å². The molecule has 0 radical (unpaired) electrons. The van der Waals surface area contributed by atoms with E-state index >= 15 is 0 Å². The zero-order chi connectivity index (χ0) is 10.4. The van der Waals surface area contributed by atoms with Crippen molar-refractivity contribution < 1.29 is 0 Å². The maximum atomic E-state index is 11.9. The Balaban J connectivity index is 2.71. The number of nitrogens with one attached hydrogen (secondary N) is 1. The fourth-order valence-corrected chi connectivity index (χ4v) is 1.71. The van der Waals surface area contributed by atoms with Gasteiger partial charge in [-0.25, -0.2) is 14.2 Å². The number of fused-ring (bicyclic) bond motifs is 3. The minimum Gasteiger partial charge on any atom is -0.340 e. The lowest BCUT2D eigenvalue weighted by Gasteiger charge is -2.03. The Kier molecular flexibility index (Phi) is 1.44. The molecular formula is C8H8N6O. The fourth-order valence-electron chi connectivity index (χ4n) is 1.71. The van der Waals surface area contributed by atoms with Gasteiger partial charge in [0.05, 0.1) is 6.33 Å². The van der Waals surface area contributed by atoms with Gasteiger partial charge in [-0.05, 0) is 6.92 Å². The molecule has 76 valence electrons. The standard InChI is InChI=1S/C8H8N6O/c1-2-13-6-5(9-3-10-6)7-12-11-4-14(7)8(13)15/h3-4H,2H2,1H3,(H,9,10). The van der Waals surface area contributed by atoms with Gasteiger partial charge in [0.1, 0.15) is 11.8 Å². The number of aromatic nitrogens is 6. The SMILES string of the molecule is CCn1c(=O)n2cnnc2c2[nH]cnc21. The molecule has 0 bridgehead atoms. The van der Waals surface area contributed by atoms with Gasteiger partial charge >= 0.3 is 5.69 Å². The summed E-state index contributed by atoms with van der Waals surface area (Å²) in [7, 11) is 0. The first kappa shape index (κ1) is 8.16. The Bertz CT molecular complexity index is 690. The van der Waals surface area contributed by atoms with E-state index in [1.165, 1.54) is 10.7 Å². The van der Waals surface area contributed by atoms with Gasteiger partial charge in [-0.3, -0.25) is 4.57 Å². The van der Waals surface area contributed by atoms with Crippen molar-refractivity contribution in [1.82, 2.24) is 29.1 Å². The molecule has 3 aromatic heterocycles. The van der Waals surface area contributed by atoms with Crippen molar-refractivity contribution in [2.75, 3.05) is 0 Å². The molecule has 3 rings (SSSR count). The molecule has 7 nitrogen and oxygen atoms in total.